The highest BCUT2D eigenvalue weighted by atomic mass is 15.0. The maximum atomic E-state index is 2.53. The third-order valence-electron chi connectivity index (χ3n) is 10.6. The van der Waals surface area contributed by atoms with Gasteiger partial charge in [-0.05, 0) is 103 Å². The summed E-state index contributed by atoms with van der Waals surface area (Å²) < 4.78 is 2.53. The van der Waals surface area contributed by atoms with E-state index < -0.39 is 0 Å². The molecule has 0 atom stereocenters. The first-order valence-electron chi connectivity index (χ1n) is 17.1. The molecule has 0 N–H and O–H groups in total. The van der Waals surface area contributed by atoms with Crippen molar-refractivity contribution in [2.45, 2.75) is 13.8 Å². The number of hydrogen-bond acceptors (Lipinski definition) is 0. The molecule has 49 heavy (non-hydrogen) atoms. The Kier molecular flexibility index (Phi) is 6.07. The van der Waals surface area contributed by atoms with Crippen molar-refractivity contribution in [3.8, 4) is 27.9 Å². The van der Waals surface area contributed by atoms with Crippen molar-refractivity contribution in [3.05, 3.63) is 175 Å². The van der Waals surface area contributed by atoms with Gasteiger partial charge in [0.25, 0.3) is 0 Å². The molecule has 10 aromatic rings. The molecular weight excluding hydrogens is 591 g/mol. The van der Waals surface area contributed by atoms with Crippen LogP contribution >= 0.6 is 0 Å². The second kappa shape index (κ2) is 10.7. The van der Waals surface area contributed by atoms with Crippen molar-refractivity contribution in [3.63, 3.8) is 0 Å². The molecule has 0 saturated carbocycles. The van der Waals surface area contributed by atoms with Crippen LogP contribution in [0, 0.1) is 13.8 Å². The van der Waals surface area contributed by atoms with Gasteiger partial charge in [-0.2, -0.15) is 0 Å². The summed E-state index contributed by atoms with van der Waals surface area (Å²) in [5.41, 5.74) is 11.4. The van der Waals surface area contributed by atoms with Crippen LogP contribution < -0.4 is 0 Å². The van der Waals surface area contributed by atoms with Gasteiger partial charge in [0, 0.05) is 21.8 Å². The maximum absolute atomic E-state index is 2.53. The third-order valence-corrected chi connectivity index (χ3v) is 10.6. The molecule has 0 saturated heterocycles. The second-order valence-corrected chi connectivity index (χ2v) is 13.4. The fourth-order valence-electron chi connectivity index (χ4n) is 8.44. The Balaban J connectivity index is 1.30. The number of nitrogens with zero attached hydrogens (tertiary/aromatic N) is 1. The molecule has 0 bridgehead atoms. The van der Waals surface area contributed by atoms with E-state index in [2.05, 4.69) is 182 Å². The third kappa shape index (κ3) is 4.06. The summed E-state index contributed by atoms with van der Waals surface area (Å²) in [5, 5.41) is 12.8. The largest absolute Gasteiger partial charge is 0.308 e. The van der Waals surface area contributed by atoms with Crippen molar-refractivity contribution in [1.29, 1.82) is 0 Å². The summed E-state index contributed by atoms with van der Waals surface area (Å²) in [5.74, 6) is 0. The molecule has 0 fully saturated rings. The molecule has 0 amide bonds. The predicted octanol–water partition coefficient (Wildman–Crippen LogP) is 13.3. The zero-order chi connectivity index (χ0) is 32.6. The van der Waals surface area contributed by atoms with Gasteiger partial charge in [0.2, 0.25) is 0 Å². The minimum atomic E-state index is 1.22. The van der Waals surface area contributed by atoms with Crippen molar-refractivity contribution in [2.24, 2.45) is 0 Å². The Morgan fingerprint density at radius 3 is 1.59 bits per heavy atom. The van der Waals surface area contributed by atoms with Gasteiger partial charge < -0.3 is 4.57 Å². The van der Waals surface area contributed by atoms with Gasteiger partial charge in [-0.25, -0.2) is 0 Å². The van der Waals surface area contributed by atoms with Crippen LogP contribution in [-0.2, 0) is 0 Å². The van der Waals surface area contributed by atoms with Crippen LogP contribution in [0.1, 0.15) is 11.1 Å². The summed E-state index contributed by atoms with van der Waals surface area (Å²) in [6, 6.07) is 60.4. The maximum Gasteiger partial charge on any atom is 0.0619 e. The number of hydrogen-bond donors (Lipinski definition) is 0. The highest BCUT2D eigenvalue weighted by Crippen LogP contribution is 2.46. The average molecular weight is 624 g/mol. The summed E-state index contributed by atoms with van der Waals surface area (Å²) >= 11 is 0. The van der Waals surface area contributed by atoms with E-state index in [1.54, 1.807) is 0 Å². The van der Waals surface area contributed by atoms with Gasteiger partial charge in [-0.1, -0.05) is 146 Å². The van der Waals surface area contributed by atoms with Gasteiger partial charge >= 0.3 is 0 Å². The standard InChI is InChI=1S/C48H33N/c1-30-29-44(49-43-27-25-32-14-6-8-18-35(32)47(43)41-26-24-33-15-7-9-19-36(33)48(41)49)31(2)28-42(30)46-39-22-12-10-20-37(39)45(34-16-4-3-5-17-34)38-21-11-13-23-40(38)46/h3-29H,1-2H3. The Hall–Kier alpha value is -6.18. The highest BCUT2D eigenvalue weighted by Gasteiger charge is 2.21. The SMILES string of the molecule is Cc1cc(-n2c3ccc4ccccc4c3c3ccc4ccccc4c32)c(C)cc1-c1c2ccccc2c(-c2ccccc2)c2ccccc12. The predicted molar refractivity (Wildman–Crippen MR) is 211 cm³/mol. The van der Waals surface area contributed by atoms with Gasteiger partial charge in [-0.3, -0.25) is 0 Å². The van der Waals surface area contributed by atoms with Crippen LogP contribution in [0.4, 0.5) is 0 Å². The topological polar surface area (TPSA) is 4.93 Å². The van der Waals surface area contributed by atoms with E-state index in [0.717, 1.165) is 0 Å². The van der Waals surface area contributed by atoms with E-state index in [1.807, 2.05) is 0 Å². The number of aromatic nitrogens is 1. The van der Waals surface area contributed by atoms with Crippen LogP contribution in [0.25, 0.3) is 92.8 Å². The number of rotatable bonds is 3. The summed E-state index contributed by atoms with van der Waals surface area (Å²) in [7, 11) is 0. The first-order valence-corrected chi connectivity index (χ1v) is 17.1. The molecule has 9 aromatic carbocycles. The van der Waals surface area contributed by atoms with Crippen LogP contribution in [0.3, 0.4) is 0 Å². The Morgan fingerprint density at radius 2 is 0.918 bits per heavy atom. The zero-order valence-corrected chi connectivity index (χ0v) is 27.5. The van der Waals surface area contributed by atoms with Crippen LogP contribution in [-0.4, -0.2) is 4.57 Å². The first kappa shape index (κ1) is 27.9. The lowest BCUT2D eigenvalue weighted by Crippen LogP contribution is -2.00. The second-order valence-electron chi connectivity index (χ2n) is 13.4. The molecule has 0 aliphatic carbocycles. The van der Waals surface area contributed by atoms with Crippen LogP contribution in [0.2, 0.25) is 0 Å². The molecule has 1 aromatic heterocycles. The normalized spacial score (nSPS) is 11.9. The lowest BCUT2D eigenvalue weighted by atomic mass is 9.84. The quantitative estimate of drug-likeness (QED) is 0.173. The lowest BCUT2D eigenvalue weighted by Gasteiger charge is -2.21. The molecule has 1 nitrogen and oxygen atoms in total. The molecule has 0 spiro atoms. The van der Waals surface area contributed by atoms with Crippen molar-refractivity contribution >= 4 is 64.9 Å². The van der Waals surface area contributed by atoms with Crippen molar-refractivity contribution in [1.82, 2.24) is 4.57 Å². The minimum absolute atomic E-state index is 1.22. The molecule has 230 valence electrons. The average Bonchev–Trinajstić information content (AvgIpc) is 3.50. The minimum Gasteiger partial charge on any atom is -0.308 e. The number of fused-ring (bicyclic) bond motifs is 9. The molecule has 0 aliphatic rings. The molecule has 1 heteroatoms. The fraction of sp³-hybridized carbons (Fsp3) is 0.0417. The lowest BCUT2D eigenvalue weighted by molar-refractivity contribution is 1.15. The highest BCUT2D eigenvalue weighted by molar-refractivity contribution is 6.26. The Bertz CT molecular complexity index is 2890. The monoisotopic (exact) mass is 623 g/mol. The fourth-order valence-corrected chi connectivity index (χ4v) is 8.44. The summed E-state index contributed by atoms with van der Waals surface area (Å²) in [6.45, 7) is 4.57. The molecular formula is C48H33N. The van der Waals surface area contributed by atoms with E-state index in [9.17, 15) is 0 Å². The van der Waals surface area contributed by atoms with Crippen LogP contribution in [0.15, 0.2) is 164 Å². The molecule has 10 rings (SSSR count). The van der Waals surface area contributed by atoms with Gasteiger partial charge in [0.15, 0.2) is 0 Å². The summed E-state index contributed by atoms with van der Waals surface area (Å²) in [4.78, 5) is 0. The smallest absolute Gasteiger partial charge is 0.0619 e. The number of benzene rings is 9. The number of aryl methyl sites for hydroxylation is 2. The zero-order valence-electron chi connectivity index (χ0n) is 27.5. The van der Waals surface area contributed by atoms with Crippen molar-refractivity contribution < 1.29 is 0 Å². The van der Waals surface area contributed by atoms with Gasteiger partial charge in [0.05, 0.1) is 11.0 Å². The first-order chi connectivity index (χ1) is 24.2. The summed E-state index contributed by atoms with van der Waals surface area (Å²) in [6.07, 6.45) is 0. The van der Waals surface area contributed by atoms with E-state index >= 15 is 0 Å². The van der Waals surface area contributed by atoms with Gasteiger partial charge in [0.1, 0.15) is 0 Å². The van der Waals surface area contributed by atoms with E-state index in [1.165, 1.54) is 104 Å². The molecule has 1 heterocycles. The van der Waals surface area contributed by atoms with E-state index in [4.69, 9.17) is 0 Å². The van der Waals surface area contributed by atoms with E-state index in [-0.39, 0.29) is 0 Å². The molecule has 0 radical (unpaired) electrons. The Morgan fingerprint density at radius 1 is 0.388 bits per heavy atom. The van der Waals surface area contributed by atoms with Gasteiger partial charge in [-0.15, -0.1) is 0 Å². The Labute approximate surface area is 285 Å². The molecule has 0 unspecified atom stereocenters. The van der Waals surface area contributed by atoms with E-state index in [0.29, 0.717) is 0 Å². The van der Waals surface area contributed by atoms with Crippen molar-refractivity contribution in [2.75, 3.05) is 0 Å². The van der Waals surface area contributed by atoms with Crippen LogP contribution in [0.5, 0.6) is 0 Å². The molecule has 0 aliphatic heterocycles.